The summed E-state index contributed by atoms with van der Waals surface area (Å²) in [5.41, 5.74) is 2.38. The number of carbonyl (C=O) groups is 1. The highest BCUT2D eigenvalue weighted by Crippen LogP contribution is 2.13. The van der Waals surface area contributed by atoms with Crippen molar-refractivity contribution in [3.63, 3.8) is 0 Å². The maximum Gasteiger partial charge on any atom is 0.350 e. The SMILES string of the molecule is CC/C=C/COC(=O)c1scnc1C. The van der Waals surface area contributed by atoms with Gasteiger partial charge in [0, 0.05) is 0 Å². The second kappa shape index (κ2) is 5.54. The highest BCUT2D eigenvalue weighted by molar-refractivity contribution is 7.11. The van der Waals surface area contributed by atoms with Crippen molar-refractivity contribution in [2.45, 2.75) is 20.3 Å². The van der Waals surface area contributed by atoms with E-state index in [4.69, 9.17) is 4.74 Å². The van der Waals surface area contributed by atoms with Crippen LogP contribution in [-0.2, 0) is 4.74 Å². The molecule has 0 bridgehead atoms. The van der Waals surface area contributed by atoms with Gasteiger partial charge >= 0.3 is 5.97 Å². The van der Waals surface area contributed by atoms with Gasteiger partial charge in [-0.15, -0.1) is 11.3 Å². The number of thiazole rings is 1. The van der Waals surface area contributed by atoms with Gasteiger partial charge in [-0.2, -0.15) is 0 Å². The third-order valence-corrected chi connectivity index (χ3v) is 2.55. The van der Waals surface area contributed by atoms with Crippen LogP contribution in [0.3, 0.4) is 0 Å². The van der Waals surface area contributed by atoms with E-state index >= 15 is 0 Å². The summed E-state index contributed by atoms with van der Waals surface area (Å²) < 4.78 is 5.01. The number of nitrogens with zero attached hydrogens (tertiary/aromatic N) is 1. The molecule has 0 spiro atoms. The third-order valence-electron chi connectivity index (χ3n) is 1.64. The molecule has 0 radical (unpaired) electrons. The summed E-state index contributed by atoms with van der Waals surface area (Å²) in [6.45, 7) is 4.17. The van der Waals surface area contributed by atoms with E-state index in [2.05, 4.69) is 4.98 Å². The number of aromatic nitrogens is 1. The Morgan fingerprint density at radius 2 is 2.43 bits per heavy atom. The predicted molar refractivity (Wildman–Crippen MR) is 56.6 cm³/mol. The first kappa shape index (κ1) is 10.9. The Bertz CT molecular complexity index is 331. The number of esters is 1. The molecule has 1 aromatic heterocycles. The van der Waals surface area contributed by atoms with Gasteiger partial charge in [-0.1, -0.05) is 19.1 Å². The molecule has 0 fully saturated rings. The summed E-state index contributed by atoms with van der Waals surface area (Å²) in [6.07, 6.45) is 4.76. The maximum atomic E-state index is 11.4. The van der Waals surface area contributed by atoms with Gasteiger partial charge in [0.2, 0.25) is 0 Å². The first-order valence-corrected chi connectivity index (χ1v) is 5.36. The molecule has 0 atom stereocenters. The van der Waals surface area contributed by atoms with Crippen molar-refractivity contribution in [1.82, 2.24) is 4.98 Å². The normalized spacial score (nSPS) is 10.7. The molecule has 0 aliphatic heterocycles. The van der Waals surface area contributed by atoms with Crippen LogP contribution in [0.4, 0.5) is 0 Å². The van der Waals surface area contributed by atoms with Gasteiger partial charge in [-0.3, -0.25) is 0 Å². The second-order valence-electron chi connectivity index (χ2n) is 2.75. The molecule has 0 amide bonds. The standard InChI is InChI=1S/C10H13NO2S/c1-3-4-5-6-13-10(12)9-8(2)11-7-14-9/h4-5,7H,3,6H2,1-2H3/b5-4+. The smallest absolute Gasteiger partial charge is 0.350 e. The number of hydrogen-bond donors (Lipinski definition) is 0. The zero-order valence-electron chi connectivity index (χ0n) is 8.32. The molecule has 0 N–H and O–H groups in total. The Morgan fingerprint density at radius 3 is 3.00 bits per heavy atom. The summed E-state index contributed by atoms with van der Waals surface area (Å²) in [6, 6.07) is 0. The highest BCUT2D eigenvalue weighted by atomic mass is 32.1. The third kappa shape index (κ3) is 2.96. The minimum atomic E-state index is -0.286. The van der Waals surface area contributed by atoms with Crippen molar-refractivity contribution in [3.8, 4) is 0 Å². The Morgan fingerprint density at radius 1 is 1.64 bits per heavy atom. The first-order chi connectivity index (χ1) is 6.75. The van der Waals surface area contributed by atoms with E-state index in [-0.39, 0.29) is 5.97 Å². The first-order valence-electron chi connectivity index (χ1n) is 4.48. The number of hydrogen-bond acceptors (Lipinski definition) is 4. The number of rotatable bonds is 4. The van der Waals surface area contributed by atoms with E-state index in [1.54, 1.807) is 12.4 Å². The van der Waals surface area contributed by atoms with Gasteiger partial charge in [0.25, 0.3) is 0 Å². The fourth-order valence-corrected chi connectivity index (χ4v) is 1.62. The topological polar surface area (TPSA) is 39.2 Å². The summed E-state index contributed by atoms with van der Waals surface area (Å²) in [4.78, 5) is 16.0. The van der Waals surface area contributed by atoms with Crippen LogP contribution in [0, 0.1) is 6.92 Å². The van der Waals surface area contributed by atoms with Crippen LogP contribution in [0.25, 0.3) is 0 Å². The molecule has 0 aliphatic rings. The van der Waals surface area contributed by atoms with E-state index in [9.17, 15) is 4.79 Å². The number of allylic oxidation sites excluding steroid dienone is 1. The molecule has 1 aromatic rings. The molecule has 0 unspecified atom stereocenters. The van der Waals surface area contributed by atoms with E-state index in [0.29, 0.717) is 11.5 Å². The van der Waals surface area contributed by atoms with Crippen LogP contribution in [0.15, 0.2) is 17.7 Å². The van der Waals surface area contributed by atoms with Crippen LogP contribution in [0.5, 0.6) is 0 Å². The fourth-order valence-electron chi connectivity index (χ4n) is 0.922. The van der Waals surface area contributed by atoms with Crippen molar-refractivity contribution in [2.24, 2.45) is 0 Å². The van der Waals surface area contributed by atoms with Crippen LogP contribution < -0.4 is 0 Å². The lowest BCUT2D eigenvalue weighted by Gasteiger charge is -1.98. The monoisotopic (exact) mass is 211 g/mol. The van der Waals surface area contributed by atoms with E-state index in [1.807, 2.05) is 19.1 Å². The zero-order valence-corrected chi connectivity index (χ0v) is 9.13. The van der Waals surface area contributed by atoms with Crippen molar-refractivity contribution < 1.29 is 9.53 Å². The van der Waals surface area contributed by atoms with Crippen LogP contribution in [-0.4, -0.2) is 17.6 Å². The zero-order chi connectivity index (χ0) is 10.4. The lowest BCUT2D eigenvalue weighted by molar-refractivity contribution is 0.0554. The molecule has 14 heavy (non-hydrogen) atoms. The molecule has 0 saturated heterocycles. The Balaban J connectivity index is 2.44. The van der Waals surface area contributed by atoms with Gasteiger partial charge in [0.1, 0.15) is 11.5 Å². The van der Waals surface area contributed by atoms with Gasteiger partial charge in [-0.25, -0.2) is 9.78 Å². The van der Waals surface area contributed by atoms with E-state index < -0.39 is 0 Å². The Kier molecular flexibility index (Phi) is 4.32. The molecule has 76 valence electrons. The molecule has 0 aliphatic carbocycles. The molecular formula is C10H13NO2S. The summed E-state index contributed by atoms with van der Waals surface area (Å²) in [7, 11) is 0. The van der Waals surface area contributed by atoms with Crippen molar-refractivity contribution >= 4 is 17.3 Å². The minimum Gasteiger partial charge on any atom is -0.457 e. The maximum absolute atomic E-state index is 11.4. The van der Waals surface area contributed by atoms with Crippen LogP contribution >= 0.6 is 11.3 Å². The molecule has 0 saturated carbocycles. The molecule has 4 heteroatoms. The van der Waals surface area contributed by atoms with Gasteiger partial charge in [-0.05, 0) is 13.3 Å². The number of aryl methyl sites for hydroxylation is 1. The summed E-state index contributed by atoms with van der Waals surface area (Å²) in [5.74, 6) is -0.286. The predicted octanol–water partition coefficient (Wildman–Crippen LogP) is 2.57. The van der Waals surface area contributed by atoms with Crippen molar-refractivity contribution in [2.75, 3.05) is 6.61 Å². The minimum absolute atomic E-state index is 0.286. The average molecular weight is 211 g/mol. The molecule has 1 rings (SSSR count). The van der Waals surface area contributed by atoms with Crippen molar-refractivity contribution in [1.29, 1.82) is 0 Å². The van der Waals surface area contributed by atoms with Crippen molar-refractivity contribution in [3.05, 3.63) is 28.2 Å². The quantitative estimate of drug-likeness (QED) is 0.567. The molecule has 3 nitrogen and oxygen atoms in total. The summed E-state index contributed by atoms with van der Waals surface area (Å²) >= 11 is 1.31. The fraction of sp³-hybridized carbons (Fsp3) is 0.400. The molecule has 0 aromatic carbocycles. The van der Waals surface area contributed by atoms with Gasteiger partial charge < -0.3 is 4.74 Å². The van der Waals surface area contributed by atoms with Gasteiger partial charge in [0.05, 0.1) is 11.2 Å². The Labute approximate surface area is 87.4 Å². The summed E-state index contributed by atoms with van der Waals surface area (Å²) in [5, 5.41) is 0. The molecular weight excluding hydrogens is 198 g/mol. The van der Waals surface area contributed by atoms with Gasteiger partial charge in [0.15, 0.2) is 0 Å². The molecule has 1 heterocycles. The lowest BCUT2D eigenvalue weighted by Crippen LogP contribution is -2.04. The van der Waals surface area contributed by atoms with Crippen LogP contribution in [0.2, 0.25) is 0 Å². The Hall–Kier alpha value is -1.16. The largest absolute Gasteiger partial charge is 0.457 e. The average Bonchev–Trinajstić information content (AvgIpc) is 2.59. The number of carbonyl (C=O) groups excluding carboxylic acids is 1. The van der Waals surface area contributed by atoms with E-state index in [0.717, 1.165) is 12.1 Å². The highest BCUT2D eigenvalue weighted by Gasteiger charge is 2.11. The lowest BCUT2D eigenvalue weighted by atomic mass is 10.4. The second-order valence-corrected chi connectivity index (χ2v) is 3.60. The van der Waals surface area contributed by atoms with E-state index in [1.165, 1.54) is 11.3 Å². The number of ether oxygens (including phenoxy) is 1. The van der Waals surface area contributed by atoms with Crippen LogP contribution in [0.1, 0.15) is 28.7 Å².